The predicted octanol–water partition coefficient (Wildman–Crippen LogP) is 2.46. The van der Waals surface area contributed by atoms with Crippen LogP contribution in [0, 0.1) is 0 Å². The van der Waals surface area contributed by atoms with Gasteiger partial charge in [0.15, 0.2) is 0 Å². The molecule has 0 bridgehead atoms. The lowest BCUT2D eigenvalue weighted by Crippen LogP contribution is -2.37. The molecule has 3 N–H and O–H groups in total. The second-order valence-corrected chi connectivity index (χ2v) is 5.29. The number of ether oxygens (including phenoxy) is 2. The largest absolute Gasteiger partial charge is 0.465 e. The van der Waals surface area contributed by atoms with E-state index in [1.54, 1.807) is 48.5 Å². The van der Waals surface area contributed by atoms with Gasteiger partial charge in [-0.1, -0.05) is 12.1 Å². The maximum absolute atomic E-state index is 11.8. The maximum Gasteiger partial charge on any atom is 0.337 e. The number of carbonyl (C=O) groups excluding carboxylic acids is 2. The molecule has 0 heterocycles. The summed E-state index contributed by atoms with van der Waals surface area (Å²) < 4.78 is 10.4. The summed E-state index contributed by atoms with van der Waals surface area (Å²) in [7, 11) is 1.32. The molecule has 0 saturated heterocycles. The van der Waals surface area contributed by atoms with E-state index in [-0.39, 0.29) is 11.7 Å². The Kier molecular flexibility index (Phi) is 6.22. The molecule has 0 saturated carbocycles. The molecule has 2 aromatic carbocycles. The Morgan fingerprint density at radius 2 is 1.83 bits per heavy atom. The Bertz CT molecular complexity index is 736. The van der Waals surface area contributed by atoms with Crippen LogP contribution in [0.1, 0.15) is 10.4 Å². The van der Waals surface area contributed by atoms with Gasteiger partial charge < -0.3 is 20.5 Å². The third-order valence-electron chi connectivity index (χ3n) is 3.13. The van der Waals surface area contributed by atoms with Crippen molar-refractivity contribution in [3.8, 4) is 11.5 Å². The number of nitrogens with one attached hydrogen (secondary N) is 1. The van der Waals surface area contributed by atoms with Crippen molar-refractivity contribution in [1.82, 2.24) is 0 Å². The van der Waals surface area contributed by atoms with Gasteiger partial charge in [-0.15, -0.1) is 0 Å². The Hall–Kier alpha value is -2.51. The van der Waals surface area contributed by atoms with Gasteiger partial charge in [-0.25, -0.2) is 4.79 Å². The normalized spacial score (nSPS) is 11.5. The first-order valence-electron chi connectivity index (χ1n) is 7.17. The van der Waals surface area contributed by atoms with Crippen molar-refractivity contribution in [2.75, 3.05) is 18.2 Å². The zero-order chi connectivity index (χ0) is 17.5. The fraction of sp³-hybridized carbons (Fsp3) is 0.176. The number of hydrogen-bond donors (Lipinski definition) is 3. The first kappa shape index (κ1) is 17.8. The molecule has 0 aromatic heterocycles. The number of thiol groups is 1. The van der Waals surface area contributed by atoms with Gasteiger partial charge in [-0.05, 0) is 30.3 Å². The van der Waals surface area contributed by atoms with Crippen molar-refractivity contribution in [1.29, 1.82) is 0 Å². The summed E-state index contributed by atoms with van der Waals surface area (Å²) in [5, 5.41) is 2.69. The topological polar surface area (TPSA) is 90.6 Å². The molecule has 0 aliphatic heterocycles. The fourth-order valence-electron chi connectivity index (χ4n) is 1.90. The van der Waals surface area contributed by atoms with Gasteiger partial charge >= 0.3 is 5.97 Å². The molecule has 126 valence electrons. The Labute approximate surface area is 145 Å². The zero-order valence-corrected chi connectivity index (χ0v) is 14.0. The van der Waals surface area contributed by atoms with E-state index in [2.05, 4.69) is 22.7 Å². The van der Waals surface area contributed by atoms with Gasteiger partial charge in [0.05, 0.1) is 18.7 Å². The average molecular weight is 346 g/mol. The molecule has 0 unspecified atom stereocenters. The number of amides is 1. The molecule has 2 aromatic rings. The Morgan fingerprint density at radius 1 is 1.17 bits per heavy atom. The van der Waals surface area contributed by atoms with E-state index in [1.165, 1.54) is 7.11 Å². The molecular formula is C17H18N2O4S. The SMILES string of the molecule is COC(=O)c1cccc(Oc2cccc(NC(=O)[C@@H](N)CS)c2)c1. The number of esters is 1. The third kappa shape index (κ3) is 4.74. The van der Waals surface area contributed by atoms with Crippen LogP contribution in [0.2, 0.25) is 0 Å². The summed E-state index contributed by atoms with van der Waals surface area (Å²) in [4.78, 5) is 23.3. The minimum absolute atomic E-state index is 0.252. The number of rotatable bonds is 6. The molecule has 1 amide bonds. The molecule has 7 heteroatoms. The number of benzene rings is 2. The van der Waals surface area contributed by atoms with E-state index in [9.17, 15) is 9.59 Å². The maximum atomic E-state index is 11.8. The van der Waals surface area contributed by atoms with Gasteiger partial charge in [0.1, 0.15) is 11.5 Å². The highest BCUT2D eigenvalue weighted by Gasteiger charge is 2.12. The highest BCUT2D eigenvalue weighted by atomic mass is 32.1. The van der Waals surface area contributed by atoms with Crippen LogP contribution in [0.25, 0.3) is 0 Å². The number of hydrogen-bond acceptors (Lipinski definition) is 6. The Balaban J connectivity index is 2.12. The molecule has 0 spiro atoms. The van der Waals surface area contributed by atoms with Crippen LogP contribution in [0.3, 0.4) is 0 Å². The molecule has 6 nitrogen and oxygen atoms in total. The van der Waals surface area contributed by atoms with E-state index >= 15 is 0 Å². The number of carbonyl (C=O) groups is 2. The lowest BCUT2D eigenvalue weighted by molar-refractivity contribution is -0.116. The van der Waals surface area contributed by atoms with Crippen molar-refractivity contribution >= 4 is 30.2 Å². The summed E-state index contributed by atoms with van der Waals surface area (Å²) in [6.07, 6.45) is 0. The molecule has 2 rings (SSSR count). The number of anilines is 1. The molecule has 24 heavy (non-hydrogen) atoms. The lowest BCUT2D eigenvalue weighted by Gasteiger charge is -2.11. The molecular weight excluding hydrogens is 328 g/mol. The van der Waals surface area contributed by atoms with Crippen LogP contribution in [-0.2, 0) is 9.53 Å². The van der Waals surface area contributed by atoms with Gasteiger partial charge in [0, 0.05) is 17.5 Å². The summed E-state index contributed by atoms with van der Waals surface area (Å²) in [6, 6.07) is 12.8. The quantitative estimate of drug-likeness (QED) is 0.552. The highest BCUT2D eigenvalue weighted by molar-refractivity contribution is 7.80. The van der Waals surface area contributed by atoms with Crippen molar-refractivity contribution in [2.24, 2.45) is 5.73 Å². The average Bonchev–Trinajstić information content (AvgIpc) is 2.60. The lowest BCUT2D eigenvalue weighted by atomic mass is 10.2. The Morgan fingerprint density at radius 3 is 2.50 bits per heavy atom. The number of nitrogens with two attached hydrogens (primary N) is 1. The van der Waals surface area contributed by atoms with Crippen LogP contribution in [0.5, 0.6) is 11.5 Å². The predicted molar refractivity (Wildman–Crippen MR) is 94.8 cm³/mol. The summed E-state index contributed by atoms with van der Waals surface area (Å²) >= 11 is 3.99. The van der Waals surface area contributed by atoms with Crippen LogP contribution >= 0.6 is 12.6 Å². The smallest absolute Gasteiger partial charge is 0.337 e. The number of methoxy groups -OCH3 is 1. The van der Waals surface area contributed by atoms with Gasteiger partial charge in [-0.3, -0.25) is 4.79 Å². The van der Waals surface area contributed by atoms with Gasteiger partial charge in [-0.2, -0.15) is 12.6 Å². The van der Waals surface area contributed by atoms with Crippen LogP contribution in [0.15, 0.2) is 48.5 Å². The first-order valence-corrected chi connectivity index (χ1v) is 7.80. The van der Waals surface area contributed by atoms with E-state index in [4.69, 9.17) is 10.5 Å². The third-order valence-corrected chi connectivity index (χ3v) is 3.52. The van der Waals surface area contributed by atoms with E-state index in [0.717, 1.165) is 0 Å². The van der Waals surface area contributed by atoms with E-state index < -0.39 is 12.0 Å². The minimum atomic E-state index is -0.686. The van der Waals surface area contributed by atoms with Gasteiger partial charge in [0.2, 0.25) is 5.91 Å². The van der Waals surface area contributed by atoms with Gasteiger partial charge in [0.25, 0.3) is 0 Å². The molecule has 0 radical (unpaired) electrons. The standard InChI is InChI=1S/C17H18N2O4S/c1-22-17(21)11-4-2-6-13(8-11)23-14-7-3-5-12(9-14)19-16(20)15(18)10-24/h2-9,15,24H,10,18H2,1H3,(H,19,20)/t15-/m0/s1. The van der Waals surface area contributed by atoms with Crippen molar-refractivity contribution in [3.63, 3.8) is 0 Å². The monoisotopic (exact) mass is 346 g/mol. The minimum Gasteiger partial charge on any atom is -0.465 e. The molecule has 0 aliphatic rings. The fourth-order valence-corrected chi connectivity index (χ4v) is 2.06. The molecule has 0 aliphatic carbocycles. The van der Waals surface area contributed by atoms with Crippen LogP contribution in [-0.4, -0.2) is 30.8 Å². The van der Waals surface area contributed by atoms with E-state index in [1.807, 2.05) is 0 Å². The molecule has 1 atom stereocenters. The second kappa shape index (κ2) is 8.37. The van der Waals surface area contributed by atoms with E-state index in [0.29, 0.717) is 22.7 Å². The van der Waals surface area contributed by atoms with Crippen molar-refractivity contribution < 1.29 is 19.1 Å². The summed E-state index contributed by atoms with van der Waals surface area (Å²) in [5.41, 5.74) is 6.56. The van der Waals surface area contributed by atoms with Crippen LogP contribution < -0.4 is 15.8 Å². The second-order valence-electron chi connectivity index (χ2n) is 4.93. The van der Waals surface area contributed by atoms with Crippen molar-refractivity contribution in [2.45, 2.75) is 6.04 Å². The highest BCUT2D eigenvalue weighted by Crippen LogP contribution is 2.25. The van der Waals surface area contributed by atoms with Crippen LogP contribution in [0.4, 0.5) is 5.69 Å². The zero-order valence-electron chi connectivity index (χ0n) is 13.1. The first-order chi connectivity index (χ1) is 11.5. The molecule has 0 fully saturated rings. The van der Waals surface area contributed by atoms with Crippen molar-refractivity contribution in [3.05, 3.63) is 54.1 Å². The summed E-state index contributed by atoms with van der Waals surface area (Å²) in [5.74, 6) is 0.474. The summed E-state index contributed by atoms with van der Waals surface area (Å²) in [6.45, 7) is 0.